The topological polar surface area (TPSA) is 57.2 Å². The number of carbonyl (C=O) groups is 2. The fourth-order valence-corrected chi connectivity index (χ4v) is 0.487. The first kappa shape index (κ1) is 14.6. The molecule has 0 fully saturated rings. The Morgan fingerprint density at radius 3 is 1.75 bits per heavy atom. The summed E-state index contributed by atoms with van der Waals surface area (Å²) in [5.41, 5.74) is -0.973. The summed E-state index contributed by atoms with van der Waals surface area (Å²) < 4.78 is 12.4. The van der Waals surface area contributed by atoms with Crippen LogP contribution in [-0.2, 0) is 9.59 Å². The zero-order chi connectivity index (χ0) is 9.23. The Morgan fingerprint density at radius 1 is 1.33 bits per heavy atom. The molecule has 0 aromatic rings. The Balaban J connectivity index is 0. The summed E-state index contributed by atoms with van der Waals surface area (Å²) >= 11 is 0. The number of carboxylic acids is 1. The SMILES string of the molecule is CC(C)(C)C(=O)[C@@H](F)C(=O)[O-].[Na+]. The predicted molar refractivity (Wildman–Crippen MR) is 34.4 cm³/mol. The molecule has 0 unspecified atom stereocenters. The zero-order valence-corrected chi connectivity index (χ0v) is 9.68. The van der Waals surface area contributed by atoms with Gasteiger partial charge in [-0.05, 0) is 0 Å². The molecule has 0 heterocycles. The number of hydrogen-bond donors (Lipinski definition) is 0. The molecule has 64 valence electrons. The van der Waals surface area contributed by atoms with Crippen molar-refractivity contribution in [3.8, 4) is 0 Å². The van der Waals surface area contributed by atoms with Crippen molar-refractivity contribution in [3.05, 3.63) is 0 Å². The van der Waals surface area contributed by atoms with E-state index in [1.807, 2.05) is 0 Å². The van der Waals surface area contributed by atoms with Crippen LogP contribution in [0.5, 0.6) is 0 Å². The van der Waals surface area contributed by atoms with Crippen molar-refractivity contribution in [2.45, 2.75) is 26.9 Å². The van der Waals surface area contributed by atoms with Gasteiger partial charge in [-0.15, -0.1) is 0 Å². The summed E-state index contributed by atoms with van der Waals surface area (Å²) in [6.45, 7) is 4.35. The van der Waals surface area contributed by atoms with E-state index in [1.165, 1.54) is 20.8 Å². The van der Waals surface area contributed by atoms with E-state index in [9.17, 15) is 19.1 Å². The van der Waals surface area contributed by atoms with Gasteiger partial charge in [-0.1, -0.05) is 20.8 Å². The van der Waals surface area contributed by atoms with E-state index in [0.717, 1.165) is 0 Å². The maximum atomic E-state index is 12.4. The van der Waals surface area contributed by atoms with Crippen LogP contribution in [0.4, 0.5) is 4.39 Å². The average molecular weight is 184 g/mol. The van der Waals surface area contributed by atoms with Crippen LogP contribution in [0.1, 0.15) is 20.8 Å². The Kier molecular flexibility index (Phi) is 6.01. The molecule has 0 aliphatic heterocycles. The van der Waals surface area contributed by atoms with Crippen LogP contribution in [0.2, 0.25) is 0 Å². The van der Waals surface area contributed by atoms with Gasteiger partial charge in [-0.2, -0.15) is 0 Å². The van der Waals surface area contributed by atoms with Crippen molar-refractivity contribution in [1.82, 2.24) is 0 Å². The maximum absolute atomic E-state index is 12.4. The van der Waals surface area contributed by atoms with Crippen molar-refractivity contribution in [2.24, 2.45) is 5.41 Å². The first-order chi connectivity index (χ1) is 4.76. The van der Waals surface area contributed by atoms with Crippen LogP contribution in [0, 0.1) is 5.41 Å². The summed E-state index contributed by atoms with van der Waals surface area (Å²) in [7, 11) is 0. The molecule has 0 saturated heterocycles. The molecule has 3 nitrogen and oxygen atoms in total. The number of alkyl halides is 1. The number of hydrogen-bond acceptors (Lipinski definition) is 3. The molecule has 0 aromatic heterocycles. The van der Waals surface area contributed by atoms with E-state index in [4.69, 9.17) is 0 Å². The molecule has 0 aromatic carbocycles. The van der Waals surface area contributed by atoms with Crippen molar-refractivity contribution in [1.29, 1.82) is 0 Å². The summed E-state index contributed by atoms with van der Waals surface area (Å²) in [6.07, 6.45) is -2.50. The number of carboxylic acid groups (broad SMARTS) is 1. The third-order valence-corrected chi connectivity index (χ3v) is 1.18. The second-order valence-electron chi connectivity index (χ2n) is 3.30. The van der Waals surface area contributed by atoms with Gasteiger partial charge in [0.2, 0.25) is 0 Å². The van der Waals surface area contributed by atoms with E-state index in [-0.39, 0.29) is 29.6 Å². The minimum absolute atomic E-state index is 0. The molecule has 0 saturated carbocycles. The van der Waals surface area contributed by atoms with Crippen LogP contribution in [-0.4, -0.2) is 17.9 Å². The molecule has 0 rings (SSSR count). The van der Waals surface area contributed by atoms with Crippen LogP contribution >= 0.6 is 0 Å². The third-order valence-electron chi connectivity index (χ3n) is 1.18. The van der Waals surface area contributed by atoms with Gasteiger partial charge in [0.25, 0.3) is 0 Å². The second-order valence-corrected chi connectivity index (χ2v) is 3.30. The summed E-state index contributed by atoms with van der Waals surface area (Å²) in [4.78, 5) is 20.7. The standard InChI is InChI=1S/C7H11FO3.Na/c1-7(2,3)5(9)4(8)6(10)11;/h4H,1-3H3,(H,10,11);/q;+1/p-1/t4-;/m1./s1. The number of halogens is 1. The number of Topliss-reactive ketones (excluding diaryl/α,β-unsaturated/α-hetero) is 1. The second kappa shape index (κ2) is 4.94. The maximum Gasteiger partial charge on any atom is 1.00 e. The van der Waals surface area contributed by atoms with Crippen LogP contribution in [0.25, 0.3) is 0 Å². The summed E-state index contributed by atoms with van der Waals surface area (Å²) in [5.74, 6) is -2.93. The average Bonchev–Trinajstić information content (AvgIpc) is 1.82. The van der Waals surface area contributed by atoms with E-state index in [1.54, 1.807) is 0 Å². The summed E-state index contributed by atoms with van der Waals surface area (Å²) in [5, 5.41) is 9.88. The third kappa shape index (κ3) is 4.18. The molecule has 0 N–H and O–H groups in total. The largest absolute Gasteiger partial charge is 1.00 e. The fraction of sp³-hybridized carbons (Fsp3) is 0.714. The van der Waals surface area contributed by atoms with Gasteiger partial charge in [-0.3, -0.25) is 4.79 Å². The molecule has 0 amide bonds. The van der Waals surface area contributed by atoms with Crippen molar-refractivity contribution >= 4 is 11.8 Å². The van der Waals surface area contributed by atoms with Crippen molar-refractivity contribution in [2.75, 3.05) is 0 Å². The molecular weight excluding hydrogens is 174 g/mol. The Labute approximate surface area is 92.6 Å². The van der Waals surface area contributed by atoms with Gasteiger partial charge in [0, 0.05) is 5.41 Å². The monoisotopic (exact) mass is 184 g/mol. The molecule has 0 aliphatic carbocycles. The molecule has 0 spiro atoms. The Morgan fingerprint density at radius 2 is 1.67 bits per heavy atom. The van der Waals surface area contributed by atoms with Crippen LogP contribution < -0.4 is 34.7 Å². The molecule has 0 radical (unpaired) electrons. The van der Waals surface area contributed by atoms with Gasteiger partial charge < -0.3 is 9.90 Å². The van der Waals surface area contributed by atoms with Crippen LogP contribution in [0.15, 0.2) is 0 Å². The van der Waals surface area contributed by atoms with Gasteiger partial charge in [0.15, 0.2) is 12.0 Å². The van der Waals surface area contributed by atoms with Gasteiger partial charge in [0.05, 0.1) is 5.97 Å². The summed E-state index contributed by atoms with van der Waals surface area (Å²) in [6, 6.07) is 0. The minimum Gasteiger partial charge on any atom is -0.546 e. The first-order valence-electron chi connectivity index (χ1n) is 3.16. The quantitative estimate of drug-likeness (QED) is 0.333. The molecular formula is C7H10FNaO3. The normalized spacial score (nSPS) is 13.0. The fourth-order valence-electron chi connectivity index (χ4n) is 0.487. The Bertz CT molecular complexity index is 186. The molecule has 12 heavy (non-hydrogen) atoms. The number of carbonyl (C=O) groups excluding carboxylic acids is 2. The number of ketones is 1. The van der Waals surface area contributed by atoms with E-state index < -0.39 is 23.3 Å². The van der Waals surface area contributed by atoms with Gasteiger partial charge in [-0.25, -0.2) is 4.39 Å². The molecule has 0 bridgehead atoms. The van der Waals surface area contributed by atoms with Crippen LogP contribution in [0.3, 0.4) is 0 Å². The van der Waals surface area contributed by atoms with Crippen molar-refractivity contribution in [3.63, 3.8) is 0 Å². The zero-order valence-electron chi connectivity index (χ0n) is 7.68. The predicted octanol–water partition coefficient (Wildman–Crippen LogP) is -3.31. The molecule has 1 atom stereocenters. The molecule has 5 heteroatoms. The first-order valence-corrected chi connectivity index (χ1v) is 3.16. The number of aliphatic carboxylic acids is 1. The smallest absolute Gasteiger partial charge is 0.546 e. The van der Waals surface area contributed by atoms with E-state index >= 15 is 0 Å². The molecule has 0 aliphatic rings. The minimum atomic E-state index is -2.50. The van der Waals surface area contributed by atoms with E-state index in [2.05, 4.69) is 0 Å². The van der Waals surface area contributed by atoms with Gasteiger partial charge >= 0.3 is 29.6 Å². The number of rotatable bonds is 2. The van der Waals surface area contributed by atoms with Gasteiger partial charge in [0.1, 0.15) is 0 Å². The van der Waals surface area contributed by atoms with E-state index in [0.29, 0.717) is 0 Å². The Hall–Kier alpha value is 0.0700. The van der Waals surface area contributed by atoms with Crippen molar-refractivity contribution < 1.29 is 48.6 Å².